The summed E-state index contributed by atoms with van der Waals surface area (Å²) in [6.07, 6.45) is 6.40. The molecule has 194 valence electrons. The number of carbonyl (C=O) groups is 2. The molecule has 0 atom stereocenters. The fourth-order valence-corrected chi connectivity index (χ4v) is 5.98. The van der Waals surface area contributed by atoms with Gasteiger partial charge in [0.25, 0.3) is 5.91 Å². The predicted molar refractivity (Wildman–Crippen MR) is 139 cm³/mol. The number of ether oxygens (including phenoxy) is 1. The van der Waals surface area contributed by atoms with Crippen molar-refractivity contribution in [3.63, 3.8) is 0 Å². The fraction of sp³-hybridized carbons (Fsp3) is 0.483. The molecule has 3 aromatic rings. The van der Waals surface area contributed by atoms with Gasteiger partial charge in [0.05, 0.1) is 17.1 Å². The number of piperazine rings is 1. The summed E-state index contributed by atoms with van der Waals surface area (Å²) in [5.41, 5.74) is 4.61. The monoisotopic (exact) mass is 504 g/mol. The molecule has 1 aliphatic heterocycles. The predicted octanol–water partition coefficient (Wildman–Crippen LogP) is 4.50. The van der Waals surface area contributed by atoms with E-state index in [-0.39, 0.29) is 36.3 Å². The summed E-state index contributed by atoms with van der Waals surface area (Å²) in [7, 11) is 3.61. The maximum absolute atomic E-state index is 13.6. The van der Waals surface area contributed by atoms with Crippen LogP contribution in [0.5, 0.6) is 0 Å². The van der Waals surface area contributed by atoms with Crippen LogP contribution in [0.15, 0.2) is 36.4 Å². The van der Waals surface area contributed by atoms with Crippen molar-refractivity contribution >= 4 is 22.8 Å². The number of amides is 2. The maximum Gasteiger partial charge on any atom is 0.290 e. The summed E-state index contributed by atoms with van der Waals surface area (Å²) in [4.78, 5) is 35.1. The molecule has 2 aliphatic carbocycles. The van der Waals surface area contributed by atoms with Crippen LogP contribution in [0.3, 0.4) is 0 Å². The van der Waals surface area contributed by atoms with E-state index in [1.54, 1.807) is 24.1 Å². The average Bonchev–Trinajstić information content (AvgIpc) is 3.72. The van der Waals surface area contributed by atoms with Crippen LogP contribution in [-0.2, 0) is 16.6 Å². The lowest BCUT2D eigenvalue weighted by molar-refractivity contribution is -0.139. The first-order valence-corrected chi connectivity index (χ1v) is 13.3. The molecular formula is C29H33FN4O3. The van der Waals surface area contributed by atoms with Gasteiger partial charge in [0.1, 0.15) is 12.4 Å². The molecule has 2 amide bonds. The van der Waals surface area contributed by atoms with Crippen molar-refractivity contribution in [2.75, 3.05) is 26.7 Å². The highest BCUT2D eigenvalue weighted by Gasteiger charge is 2.35. The quantitative estimate of drug-likeness (QED) is 0.513. The zero-order valence-electron chi connectivity index (χ0n) is 21.5. The molecule has 7 nitrogen and oxygen atoms in total. The smallest absolute Gasteiger partial charge is 0.290 e. The SMILES string of the molecule is COC1CCC(N2CCN(C(=O)c3nc4c(-c5ccc(F)cc5)cc(C5CC5)cc4n3C)CC2=O)CC1. The van der Waals surface area contributed by atoms with Gasteiger partial charge in [-0.1, -0.05) is 12.1 Å². The van der Waals surface area contributed by atoms with Crippen molar-refractivity contribution in [3.8, 4) is 11.1 Å². The normalized spacial score (nSPS) is 22.6. The molecular weight excluding hydrogens is 471 g/mol. The molecule has 0 bridgehead atoms. The Bertz CT molecular complexity index is 1340. The van der Waals surface area contributed by atoms with E-state index in [4.69, 9.17) is 9.72 Å². The van der Waals surface area contributed by atoms with Crippen LogP contribution in [0, 0.1) is 5.82 Å². The highest BCUT2D eigenvalue weighted by Crippen LogP contribution is 2.43. The highest BCUT2D eigenvalue weighted by molar-refractivity contribution is 6.01. The molecule has 0 N–H and O–H groups in total. The van der Waals surface area contributed by atoms with Crippen LogP contribution in [0.4, 0.5) is 4.39 Å². The summed E-state index contributed by atoms with van der Waals surface area (Å²) >= 11 is 0. The second kappa shape index (κ2) is 9.56. The second-order valence-electron chi connectivity index (χ2n) is 10.7. The van der Waals surface area contributed by atoms with Crippen LogP contribution in [0.1, 0.15) is 60.6 Å². The van der Waals surface area contributed by atoms with E-state index in [0.29, 0.717) is 24.8 Å². The second-order valence-corrected chi connectivity index (χ2v) is 10.7. The average molecular weight is 505 g/mol. The molecule has 37 heavy (non-hydrogen) atoms. The third kappa shape index (κ3) is 4.52. The third-order valence-corrected chi connectivity index (χ3v) is 8.37. The van der Waals surface area contributed by atoms with E-state index in [9.17, 15) is 14.0 Å². The number of rotatable bonds is 5. The molecule has 2 aromatic carbocycles. The van der Waals surface area contributed by atoms with Gasteiger partial charge >= 0.3 is 0 Å². The number of imidazole rings is 1. The standard InChI is InChI=1S/C29H33FN4O3/c1-32-25-16-20(18-3-4-18)15-24(19-5-7-21(30)8-6-19)27(25)31-28(32)29(36)33-13-14-34(26(35)17-33)22-9-11-23(37-2)12-10-22/h5-8,15-16,18,22-23H,3-4,9-14,17H2,1-2H3. The number of nitrogens with zero attached hydrogens (tertiary/aromatic N) is 4. The number of hydrogen-bond donors (Lipinski definition) is 0. The van der Waals surface area contributed by atoms with Crippen molar-refractivity contribution in [1.82, 2.24) is 19.4 Å². The van der Waals surface area contributed by atoms with Crippen molar-refractivity contribution in [2.45, 2.75) is 56.6 Å². The lowest BCUT2D eigenvalue weighted by Gasteiger charge is -2.41. The van der Waals surface area contributed by atoms with E-state index in [1.165, 1.54) is 17.7 Å². The van der Waals surface area contributed by atoms with Gasteiger partial charge in [0.15, 0.2) is 5.82 Å². The molecule has 6 rings (SSSR count). The minimum absolute atomic E-state index is 0.00209. The zero-order chi connectivity index (χ0) is 25.7. The van der Waals surface area contributed by atoms with E-state index in [0.717, 1.165) is 60.7 Å². The van der Waals surface area contributed by atoms with E-state index in [1.807, 2.05) is 16.5 Å². The number of halogens is 1. The van der Waals surface area contributed by atoms with Crippen LogP contribution < -0.4 is 0 Å². The van der Waals surface area contributed by atoms with Crippen LogP contribution in [-0.4, -0.2) is 70.1 Å². The highest BCUT2D eigenvalue weighted by atomic mass is 19.1. The molecule has 2 heterocycles. The number of hydrogen-bond acceptors (Lipinski definition) is 4. The Morgan fingerprint density at radius 1 is 1.03 bits per heavy atom. The first kappa shape index (κ1) is 24.1. The zero-order valence-corrected chi connectivity index (χ0v) is 21.5. The van der Waals surface area contributed by atoms with Crippen LogP contribution in [0.25, 0.3) is 22.2 Å². The van der Waals surface area contributed by atoms with Crippen molar-refractivity contribution in [2.24, 2.45) is 7.05 Å². The Labute approximate surface area is 216 Å². The van der Waals surface area contributed by atoms with E-state index >= 15 is 0 Å². The minimum atomic E-state index is -0.286. The Balaban J connectivity index is 1.27. The Morgan fingerprint density at radius 3 is 2.41 bits per heavy atom. The third-order valence-electron chi connectivity index (χ3n) is 8.37. The van der Waals surface area contributed by atoms with Gasteiger partial charge in [0.2, 0.25) is 5.91 Å². The summed E-state index contributed by atoms with van der Waals surface area (Å²) < 4.78 is 20.9. The van der Waals surface area contributed by atoms with Gasteiger partial charge in [0, 0.05) is 38.9 Å². The van der Waals surface area contributed by atoms with E-state index in [2.05, 4.69) is 12.1 Å². The molecule has 1 saturated heterocycles. The lowest BCUT2D eigenvalue weighted by atomic mass is 9.91. The van der Waals surface area contributed by atoms with Gasteiger partial charge in [-0.3, -0.25) is 9.59 Å². The topological polar surface area (TPSA) is 67.7 Å². The molecule has 1 aromatic heterocycles. The summed E-state index contributed by atoms with van der Waals surface area (Å²) in [6, 6.07) is 10.9. The number of benzene rings is 2. The Kier molecular flexibility index (Phi) is 6.23. The first-order chi connectivity index (χ1) is 17.9. The molecule has 0 spiro atoms. The molecule has 3 aliphatic rings. The molecule has 0 unspecified atom stereocenters. The number of aryl methyl sites for hydroxylation is 1. The maximum atomic E-state index is 13.6. The van der Waals surface area contributed by atoms with Crippen molar-refractivity contribution in [1.29, 1.82) is 0 Å². The lowest BCUT2D eigenvalue weighted by Crippen LogP contribution is -2.56. The molecule has 2 saturated carbocycles. The number of carbonyl (C=O) groups excluding carboxylic acids is 2. The fourth-order valence-electron chi connectivity index (χ4n) is 5.98. The Hall–Kier alpha value is -3.26. The van der Waals surface area contributed by atoms with Crippen molar-refractivity contribution < 1.29 is 18.7 Å². The summed E-state index contributed by atoms with van der Waals surface area (Å²) in [5.74, 6) is 0.330. The van der Waals surface area contributed by atoms with Gasteiger partial charge in [-0.15, -0.1) is 0 Å². The van der Waals surface area contributed by atoms with Gasteiger partial charge in [-0.25, -0.2) is 9.37 Å². The van der Waals surface area contributed by atoms with Gasteiger partial charge in [-0.2, -0.15) is 0 Å². The van der Waals surface area contributed by atoms with Gasteiger partial charge < -0.3 is 19.1 Å². The Morgan fingerprint density at radius 2 is 1.76 bits per heavy atom. The van der Waals surface area contributed by atoms with Crippen LogP contribution in [0.2, 0.25) is 0 Å². The van der Waals surface area contributed by atoms with Gasteiger partial charge in [-0.05, 0) is 79.8 Å². The molecule has 3 fully saturated rings. The number of fused-ring (bicyclic) bond motifs is 1. The molecule has 0 radical (unpaired) electrons. The van der Waals surface area contributed by atoms with Crippen molar-refractivity contribution in [3.05, 3.63) is 53.6 Å². The number of methoxy groups -OCH3 is 1. The summed E-state index contributed by atoms with van der Waals surface area (Å²) in [6.45, 7) is 1.12. The first-order valence-electron chi connectivity index (χ1n) is 13.3. The molecule has 8 heteroatoms. The largest absolute Gasteiger partial charge is 0.381 e. The number of aromatic nitrogens is 2. The van der Waals surface area contributed by atoms with Crippen LogP contribution >= 0.6 is 0 Å². The summed E-state index contributed by atoms with van der Waals surface area (Å²) in [5, 5.41) is 0. The van der Waals surface area contributed by atoms with E-state index < -0.39 is 0 Å². The minimum Gasteiger partial charge on any atom is -0.381 e.